The zero-order valence-electron chi connectivity index (χ0n) is 15.3. The molecule has 128 valence electrons. The second-order valence-electron chi connectivity index (χ2n) is 6.10. The molecule has 0 saturated heterocycles. The lowest BCUT2D eigenvalue weighted by Crippen LogP contribution is -2.03. The smallest absolute Gasteiger partial charge is 0.119 e. The number of ether oxygens (including phenoxy) is 1. The van der Waals surface area contributed by atoms with Gasteiger partial charge in [0.25, 0.3) is 0 Å². The Kier molecular flexibility index (Phi) is 5.03. The second kappa shape index (κ2) is 7.39. The number of aromatic nitrogens is 1. The van der Waals surface area contributed by atoms with Crippen LogP contribution < -0.4 is 4.74 Å². The maximum atomic E-state index is 5.19. The van der Waals surface area contributed by atoms with Crippen molar-refractivity contribution < 1.29 is 4.74 Å². The van der Waals surface area contributed by atoms with Gasteiger partial charge in [0.05, 0.1) is 12.8 Å². The van der Waals surface area contributed by atoms with E-state index >= 15 is 0 Å². The van der Waals surface area contributed by atoms with Gasteiger partial charge in [0.1, 0.15) is 5.75 Å². The molecule has 0 amide bonds. The average molecular weight is 332 g/mol. The van der Waals surface area contributed by atoms with Crippen molar-refractivity contribution >= 4 is 11.9 Å². The van der Waals surface area contributed by atoms with Gasteiger partial charge < -0.3 is 9.30 Å². The van der Waals surface area contributed by atoms with E-state index in [1.807, 2.05) is 30.5 Å². The van der Waals surface area contributed by atoms with E-state index in [4.69, 9.17) is 4.74 Å². The molecule has 25 heavy (non-hydrogen) atoms. The molecular weight excluding hydrogens is 308 g/mol. The summed E-state index contributed by atoms with van der Waals surface area (Å²) in [4.78, 5) is 4.61. The minimum Gasteiger partial charge on any atom is -0.497 e. The quantitative estimate of drug-likeness (QED) is 0.573. The molecule has 0 aliphatic carbocycles. The highest BCUT2D eigenvalue weighted by molar-refractivity contribution is 5.84. The summed E-state index contributed by atoms with van der Waals surface area (Å²) in [5.41, 5.74) is 7.08. The molecule has 0 atom stereocenters. The number of benzene rings is 2. The third kappa shape index (κ3) is 3.50. The van der Waals surface area contributed by atoms with Gasteiger partial charge in [-0.1, -0.05) is 25.1 Å². The number of methoxy groups -OCH3 is 1. The number of aryl methyl sites for hydroxylation is 2. The van der Waals surface area contributed by atoms with Crippen LogP contribution in [0.1, 0.15) is 29.4 Å². The number of hydrogen-bond donors (Lipinski definition) is 0. The van der Waals surface area contributed by atoms with Crippen molar-refractivity contribution in [2.75, 3.05) is 7.11 Å². The van der Waals surface area contributed by atoms with Crippen molar-refractivity contribution in [2.24, 2.45) is 4.99 Å². The lowest BCUT2D eigenvalue weighted by molar-refractivity contribution is 0.415. The van der Waals surface area contributed by atoms with E-state index in [9.17, 15) is 0 Å². The second-order valence-corrected chi connectivity index (χ2v) is 6.10. The Morgan fingerprint density at radius 3 is 2.44 bits per heavy atom. The molecule has 0 aliphatic rings. The third-order valence-electron chi connectivity index (χ3n) is 4.51. The summed E-state index contributed by atoms with van der Waals surface area (Å²) in [5, 5.41) is 0. The van der Waals surface area contributed by atoms with Crippen molar-refractivity contribution in [3.8, 4) is 11.4 Å². The van der Waals surface area contributed by atoms with Gasteiger partial charge in [-0.2, -0.15) is 0 Å². The van der Waals surface area contributed by atoms with Gasteiger partial charge in [-0.25, -0.2) is 0 Å². The minimum absolute atomic E-state index is 0.841. The van der Waals surface area contributed by atoms with Crippen LogP contribution in [0.15, 0.2) is 59.6 Å². The van der Waals surface area contributed by atoms with Crippen molar-refractivity contribution in [2.45, 2.75) is 27.2 Å². The number of hydrogen-bond acceptors (Lipinski definition) is 2. The summed E-state index contributed by atoms with van der Waals surface area (Å²) in [6.07, 6.45) is 2.96. The van der Waals surface area contributed by atoms with Crippen LogP contribution in [-0.2, 0) is 6.42 Å². The normalized spacial score (nSPS) is 11.2. The van der Waals surface area contributed by atoms with Crippen LogP contribution >= 0.6 is 0 Å². The molecule has 0 fully saturated rings. The zero-order chi connectivity index (χ0) is 17.8. The van der Waals surface area contributed by atoms with Gasteiger partial charge in [0, 0.05) is 28.9 Å². The molecule has 1 aromatic heterocycles. The molecule has 3 aromatic rings. The molecular formula is C22H24N2O. The lowest BCUT2D eigenvalue weighted by atomic mass is 10.1. The van der Waals surface area contributed by atoms with Gasteiger partial charge in [-0.05, 0) is 62.2 Å². The Labute approximate surface area is 149 Å². The molecule has 0 saturated carbocycles. The fourth-order valence-corrected chi connectivity index (χ4v) is 3.13. The Hall–Kier alpha value is -2.81. The highest BCUT2D eigenvalue weighted by atomic mass is 16.5. The predicted octanol–water partition coefficient (Wildman–Crippen LogP) is 5.42. The van der Waals surface area contributed by atoms with Crippen molar-refractivity contribution in [1.29, 1.82) is 0 Å². The number of rotatable bonds is 5. The van der Waals surface area contributed by atoms with Crippen LogP contribution in [-0.4, -0.2) is 17.9 Å². The maximum absolute atomic E-state index is 5.19. The van der Waals surface area contributed by atoms with Gasteiger partial charge in [-0.3, -0.25) is 4.99 Å². The van der Waals surface area contributed by atoms with Crippen LogP contribution in [0.25, 0.3) is 5.69 Å². The van der Waals surface area contributed by atoms with E-state index in [1.165, 1.54) is 22.6 Å². The number of nitrogens with zero attached hydrogens (tertiary/aromatic N) is 2. The molecule has 3 rings (SSSR count). The molecule has 2 aromatic carbocycles. The standard InChI is InChI=1S/C22H24N2O/c1-5-18-8-6-7-9-22(18)24-16(2)14-19(17(24)3)15-23-20-10-12-21(25-4)13-11-20/h6-15H,5H2,1-4H3. The summed E-state index contributed by atoms with van der Waals surface area (Å²) in [6, 6.07) is 18.5. The molecule has 0 unspecified atom stereocenters. The van der Waals surface area contributed by atoms with Crippen LogP contribution in [0.2, 0.25) is 0 Å². The van der Waals surface area contributed by atoms with Crippen LogP contribution in [0.5, 0.6) is 5.75 Å². The van der Waals surface area contributed by atoms with Gasteiger partial charge in [0.15, 0.2) is 0 Å². The first-order chi connectivity index (χ1) is 12.1. The van der Waals surface area contributed by atoms with Crippen molar-refractivity contribution in [3.05, 3.63) is 77.1 Å². The molecule has 0 spiro atoms. The first-order valence-corrected chi connectivity index (χ1v) is 8.59. The Balaban J connectivity index is 1.95. The van der Waals surface area contributed by atoms with E-state index in [0.29, 0.717) is 0 Å². The van der Waals surface area contributed by atoms with E-state index in [0.717, 1.165) is 23.4 Å². The van der Waals surface area contributed by atoms with Gasteiger partial charge >= 0.3 is 0 Å². The predicted molar refractivity (Wildman–Crippen MR) is 105 cm³/mol. The molecule has 0 bridgehead atoms. The fraction of sp³-hybridized carbons (Fsp3) is 0.227. The average Bonchev–Trinajstić information content (AvgIpc) is 2.93. The first kappa shape index (κ1) is 17.0. The fourth-order valence-electron chi connectivity index (χ4n) is 3.13. The molecule has 0 radical (unpaired) electrons. The van der Waals surface area contributed by atoms with E-state index in [1.54, 1.807) is 7.11 Å². The maximum Gasteiger partial charge on any atom is 0.119 e. The van der Waals surface area contributed by atoms with E-state index < -0.39 is 0 Å². The molecule has 3 nitrogen and oxygen atoms in total. The molecule has 1 heterocycles. The lowest BCUT2D eigenvalue weighted by Gasteiger charge is -2.13. The van der Waals surface area contributed by atoms with Crippen LogP contribution in [0.4, 0.5) is 5.69 Å². The molecule has 0 N–H and O–H groups in total. The van der Waals surface area contributed by atoms with E-state index in [-0.39, 0.29) is 0 Å². The monoisotopic (exact) mass is 332 g/mol. The molecule has 0 aliphatic heterocycles. The summed E-state index contributed by atoms with van der Waals surface area (Å²) >= 11 is 0. The summed E-state index contributed by atoms with van der Waals surface area (Å²) in [7, 11) is 1.67. The first-order valence-electron chi connectivity index (χ1n) is 8.59. The number of para-hydroxylation sites is 1. The minimum atomic E-state index is 0.841. The summed E-state index contributed by atoms with van der Waals surface area (Å²) < 4.78 is 7.50. The largest absolute Gasteiger partial charge is 0.497 e. The van der Waals surface area contributed by atoms with Crippen LogP contribution in [0, 0.1) is 13.8 Å². The zero-order valence-corrected chi connectivity index (χ0v) is 15.3. The third-order valence-corrected chi connectivity index (χ3v) is 4.51. The number of aliphatic imine (C=N–C) groups is 1. The van der Waals surface area contributed by atoms with Crippen molar-refractivity contribution in [1.82, 2.24) is 4.57 Å². The molecule has 3 heteroatoms. The SMILES string of the molecule is CCc1ccccc1-n1c(C)cc(C=Nc2ccc(OC)cc2)c1C. The van der Waals surface area contributed by atoms with E-state index in [2.05, 4.69) is 60.7 Å². The van der Waals surface area contributed by atoms with Crippen molar-refractivity contribution in [3.63, 3.8) is 0 Å². The Morgan fingerprint density at radius 1 is 1.04 bits per heavy atom. The summed E-state index contributed by atoms with van der Waals surface area (Å²) in [5.74, 6) is 0.841. The summed E-state index contributed by atoms with van der Waals surface area (Å²) in [6.45, 7) is 6.48. The highest BCUT2D eigenvalue weighted by Crippen LogP contribution is 2.24. The van der Waals surface area contributed by atoms with Gasteiger partial charge in [-0.15, -0.1) is 0 Å². The van der Waals surface area contributed by atoms with Crippen LogP contribution in [0.3, 0.4) is 0 Å². The highest BCUT2D eigenvalue weighted by Gasteiger charge is 2.11. The van der Waals surface area contributed by atoms with Gasteiger partial charge in [0.2, 0.25) is 0 Å². The Morgan fingerprint density at radius 2 is 1.76 bits per heavy atom. The Bertz CT molecular complexity index is 889. The topological polar surface area (TPSA) is 26.5 Å².